The molecule has 1 aliphatic heterocycles. The van der Waals surface area contributed by atoms with Crippen LogP contribution in [0.5, 0.6) is 0 Å². The van der Waals surface area contributed by atoms with Crippen LogP contribution >= 0.6 is 0 Å². The average Bonchev–Trinajstić information content (AvgIpc) is 2.88. The van der Waals surface area contributed by atoms with Crippen molar-refractivity contribution in [2.45, 2.75) is 38.3 Å². The normalized spacial score (nSPS) is 22.9. The molecule has 1 saturated carbocycles. The second kappa shape index (κ2) is 5.53. The number of hydrogen-bond donors (Lipinski definition) is 1. The Hall–Kier alpha value is -2.08. The van der Waals surface area contributed by atoms with Gasteiger partial charge in [0.05, 0.1) is 5.52 Å². The number of oxazole rings is 1. The third kappa shape index (κ3) is 2.47. The predicted molar refractivity (Wildman–Crippen MR) is 84.1 cm³/mol. The number of carbonyl (C=O) groups excluding carboxylic acids is 1. The summed E-state index contributed by atoms with van der Waals surface area (Å²) in [6, 6.07) is 7.35. The first-order valence-electron chi connectivity index (χ1n) is 8.13. The molecule has 2 aromatic rings. The van der Waals surface area contributed by atoms with Crippen molar-refractivity contribution in [1.29, 1.82) is 0 Å². The number of para-hydroxylation sites is 2. The first-order valence-corrected chi connectivity index (χ1v) is 8.13. The van der Waals surface area contributed by atoms with E-state index in [0.717, 1.165) is 38.9 Å². The number of nitrogens with zero attached hydrogens (tertiary/aromatic N) is 1. The van der Waals surface area contributed by atoms with Gasteiger partial charge in [0.15, 0.2) is 5.58 Å². The molecule has 6 nitrogen and oxygen atoms in total. The van der Waals surface area contributed by atoms with E-state index < -0.39 is 5.76 Å². The van der Waals surface area contributed by atoms with Crippen LogP contribution in [-0.4, -0.2) is 29.7 Å². The summed E-state index contributed by atoms with van der Waals surface area (Å²) in [5.41, 5.74) is 1.37. The molecule has 1 aromatic carbocycles. The lowest BCUT2D eigenvalue weighted by molar-refractivity contribution is -0.127. The summed E-state index contributed by atoms with van der Waals surface area (Å²) in [7, 11) is 0. The second-order valence-electron chi connectivity index (χ2n) is 6.56. The maximum absolute atomic E-state index is 12.4. The number of hydrogen-bond acceptors (Lipinski definition) is 4. The van der Waals surface area contributed by atoms with Crippen LogP contribution in [0.3, 0.4) is 0 Å². The molecule has 2 aliphatic rings. The molecule has 1 spiro atoms. The first-order chi connectivity index (χ1) is 11.2. The van der Waals surface area contributed by atoms with Crippen LogP contribution in [-0.2, 0) is 16.1 Å². The van der Waals surface area contributed by atoms with Gasteiger partial charge in [-0.2, -0.15) is 0 Å². The monoisotopic (exact) mass is 316 g/mol. The summed E-state index contributed by atoms with van der Waals surface area (Å²) in [5, 5.41) is 3.11. The Labute approximate surface area is 133 Å². The zero-order chi connectivity index (χ0) is 15.9. The molecule has 23 heavy (non-hydrogen) atoms. The fourth-order valence-corrected chi connectivity index (χ4v) is 3.85. The Morgan fingerprint density at radius 3 is 2.78 bits per heavy atom. The Morgan fingerprint density at radius 1 is 1.26 bits per heavy atom. The minimum atomic E-state index is -0.490. The highest BCUT2D eigenvalue weighted by atomic mass is 16.5. The maximum Gasteiger partial charge on any atom is 0.420 e. The van der Waals surface area contributed by atoms with Gasteiger partial charge < -0.3 is 14.5 Å². The lowest BCUT2D eigenvalue weighted by Crippen LogP contribution is -2.57. The number of benzene rings is 1. The summed E-state index contributed by atoms with van der Waals surface area (Å²) >= 11 is 0. The van der Waals surface area contributed by atoms with E-state index in [4.69, 9.17) is 9.15 Å². The van der Waals surface area contributed by atoms with E-state index in [0.29, 0.717) is 11.1 Å². The molecule has 0 bridgehead atoms. The lowest BCUT2D eigenvalue weighted by Gasteiger charge is -2.52. The number of amides is 1. The van der Waals surface area contributed by atoms with Gasteiger partial charge in [-0.1, -0.05) is 12.1 Å². The van der Waals surface area contributed by atoms with Crippen molar-refractivity contribution in [2.75, 3.05) is 13.2 Å². The fraction of sp³-hybridized carbons (Fsp3) is 0.529. The second-order valence-corrected chi connectivity index (χ2v) is 6.56. The van der Waals surface area contributed by atoms with Crippen LogP contribution < -0.4 is 11.1 Å². The van der Waals surface area contributed by atoms with Gasteiger partial charge in [0.2, 0.25) is 5.91 Å². The number of fused-ring (bicyclic) bond motifs is 1. The van der Waals surface area contributed by atoms with Crippen molar-refractivity contribution in [3.8, 4) is 0 Å². The number of nitrogens with one attached hydrogen (secondary N) is 1. The number of ether oxygens (including phenoxy) is 1. The van der Waals surface area contributed by atoms with Gasteiger partial charge in [0.1, 0.15) is 6.54 Å². The topological polar surface area (TPSA) is 73.5 Å². The molecule has 1 amide bonds. The van der Waals surface area contributed by atoms with E-state index in [1.165, 1.54) is 4.57 Å². The number of carbonyl (C=O) groups is 1. The van der Waals surface area contributed by atoms with Gasteiger partial charge in [-0.05, 0) is 43.2 Å². The third-order valence-corrected chi connectivity index (χ3v) is 5.37. The Bertz CT molecular complexity index is 785. The maximum atomic E-state index is 12.4. The number of aromatic nitrogens is 1. The molecule has 2 heterocycles. The molecule has 2 fully saturated rings. The fourth-order valence-electron chi connectivity index (χ4n) is 3.85. The molecule has 1 aromatic heterocycles. The van der Waals surface area contributed by atoms with Crippen molar-refractivity contribution in [3.05, 3.63) is 34.8 Å². The summed E-state index contributed by atoms with van der Waals surface area (Å²) in [5.74, 6) is -0.620. The minimum absolute atomic E-state index is 0.00106. The Balaban J connectivity index is 1.48. The first kappa shape index (κ1) is 14.5. The third-order valence-electron chi connectivity index (χ3n) is 5.37. The quantitative estimate of drug-likeness (QED) is 0.935. The summed E-state index contributed by atoms with van der Waals surface area (Å²) in [6.45, 7) is 1.55. The van der Waals surface area contributed by atoms with E-state index in [9.17, 15) is 9.59 Å². The molecule has 6 heteroatoms. The van der Waals surface area contributed by atoms with Crippen LogP contribution in [0, 0.1) is 5.41 Å². The summed E-state index contributed by atoms with van der Waals surface area (Å²) in [6.07, 6.45) is 4.17. The average molecular weight is 316 g/mol. The summed E-state index contributed by atoms with van der Waals surface area (Å²) < 4.78 is 12.0. The van der Waals surface area contributed by atoms with Gasteiger partial charge in [0.25, 0.3) is 0 Å². The molecular formula is C17H20N2O4. The van der Waals surface area contributed by atoms with E-state index in [2.05, 4.69) is 5.32 Å². The predicted octanol–water partition coefficient (Wildman–Crippen LogP) is 1.67. The minimum Gasteiger partial charge on any atom is -0.408 e. The van der Waals surface area contributed by atoms with Gasteiger partial charge >= 0.3 is 5.76 Å². The zero-order valence-electron chi connectivity index (χ0n) is 12.9. The van der Waals surface area contributed by atoms with E-state index >= 15 is 0 Å². The van der Waals surface area contributed by atoms with Crippen LogP contribution in [0.2, 0.25) is 0 Å². The van der Waals surface area contributed by atoms with E-state index in [1.54, 1.807) is 18.2 Å². The van der Waals surface area contributed by atoms with Gasteiger partial charge in [-0.15, -0.1) is 0 Å². The molecule has 1 N–H and O–H groups in total. The Morgan fingerprint density at radius 2 is 2.04 bits per heavy atom. The van der Waals surface area contributed by atoms with Crippen LogP contribution in [0.1, 0.15) is 25.7 Å². The molecule has 1 unspecified atom stereocenters. The molecule has 0 radical (unpaired) electrons. The highest BCUT2D eigenvalue weighted by Gasteiger charge is 2.47. The largest absolute Gasteiger partial charge is 0.420 e. The lowest BCUT2D eigenvalue weighted by atomic mass is 9.60. The highest BCUT2D eigenvalue weighted by Crippen LogP contribution is 2.48. The van der Waals surface area contributed by atoms with Crippen molar-refractivity contribution in [3.63, 3.8) is 0 Å². The smallest absolute Gasteiger partial charge is 0.408 e. The molecule has 4 rings (SSSR count). The molecular weight excluding hydrogens is 296 g/mol. The molecule has 1 aliphatic carbocycles. The van der Waals surface area contributed by atoms with Crippen molar-refractivity contribution >= 4 is 17.0 Å². The van der Waals surface area contributed by atoms with Crippen LogP contribution in [0.25, 0.3) is 11.1 Å². The molecule has 1 saturated heterocycles. The van der Waals surface area contributed by atoms with Crippen LogP contribution in [0.4, 0.5) is 0 Å². The van der Waals surface area contributed by atoms with Crippen molar-refractivity contribution in [2.24, 2.45) is 5.41 Å². The van der Waals surface area contributed by atoms with E-state index in [1.807, 2.05) is 6.07 Å². The van der Waals surface area contributed by atoms with E-state index in [-0.39, 0.29) is 23.9 Å². The standard InChI is InChI=1S/C17H20N2O4/c20-15(18-14-5-6-17(14)7-9-22-10-8-17)11-19-12-3-1-2-4-13(12)23-16(19)21/h1-4,14H,5-11H2,(H,18,20). The number of rotatable bonds is 3. The van der Waals surface area contributed by atoms with Crippen molar-refractivity contribution in [1.82, 2.24) is 9.88 Å². The summed E-state index contributed by atoms with van der Waals surface area (Å²) in [4.78, 5) is 24.3. The highest BCUT2D eigenvalue weighted by molar-refractivity contribution is 5.79. The zero-order valence-corrected chi connectivity index (χ0v) is 12.9. The molecule has 1 atom stereocenters. The van der Waals surface area contributed by atoms with Crippen LogP contribution in [0.15, 0.2) is 33.5 Å². The van der Waals surface area contributed by atoms with Gasteiger partial charge in [0, 0.05) is 19.3 Å². The van der Waals surface area contributed by atoms with Gasteiger partial charge in [-0.3, -0.25) is 9.36 Å². The van der Waals surface area contributed by atoms with Gasteiger partial charge in [-0.25, -0.2) is 4.79 Å². The Kier molecular flexibility index (Phi) is 3.49. The SMILES string of the molecule is O=C(Cn1c(=O)oc2ccccc21)NC1CCC12CCOCC2. The molecule has 122 valence electrons. The van der Waals surface area contributed by atoms with Crippen molar-refractivity contribution < 1.29 is 13.9 Å².